The van der Waals surface area contributed by atoms with Crippen molar-refractivity contribution in [2.45, 2.75) is 37.7 Å². The van der Waals surface area contributed by atoms with Gasteiger partial charge >= 0.3 is 0 Å². The number of benzene rings is 1. The number of halogens is 1. The lowest BCUT2D eigenvalue weighted by Gasteiger charge is -2.26. The topological polar surface area (TPSA) is 77.0 Å². The summed E-state index contributed by atoms with van der Waals surface area (Å²) in [7, 11) is 0. The molecule has 0 atom stereocenters. The number of hydrogen-bond acceptors (Lipinski definition) is 4. The molecule has 2 aromatic heterocycles. The van der Waals surface area contributed by atoms with E-state index >= 15 is 0 Å². The molecule has 2 heterocycles. The fourth-order valence-corrected chi connectivity index (χ4v) is 3.39. The van der Waals surface area contributed by atoms with Crippen molar-refractivity contribution in [1.29, 1.82) is 0 Å². The van der Waals surface area contributed by atoms with Gasteiger partial charge in [-0.2, -0.15) is 4.98 Å². The van der Waals surface area contributed by atoms with Crippen LogP contribution in [0.4, 0.5) is 10.3 Å². The minimum Gasteiger partial charge on any atom is -0.378 e. The van der Waals surface area contributed by atoms with Crippen LogP contribution in [-0.4, -0.2) is 25.2 Å². The van der Waals surface area contributed by atoms with E-state index in [9.17, 15) is 9.50 Å². The van der Waals surface area contributed by atoms with Gasteiger partial charge in [0.1, 0.15) is 17.2 Å². The lowest BCUT2D eigenvalue weighted by atomic mass is 9.85. The first kappa shape index (κ1) is 16.6. The number of nitrogens with zero attached hydrogens (tertiary/aromatic N) is 3. The first-order valence-electron chi connectivity index (χ1n) is 8.69. The molecule has 3 aromatic rings. The molecule has 0 radical (unpaired) electrons. The average molecular weight is 350 g/mol. The Balaban J connectivity index is 1.77. The summed E-state index contributed by atoms with van der Waals surface area (Å²) in [6, 6.07) is 6.67. The maximum absolute atomic E-state index is 14.4. The molecule has 0 amide bonds. The fraction of sp³-hybridized carbons (Fsp3) is 0.300. The molecule has 1 aromatic carbocycles. The van der Waals surface area contributed by atoms with E-state index < -0.39 is 11.4 Å². The van der Waals surface area contributed by atoms with Crippen LogP contribution in [0.25, 0.3) is 16.7 Å². The van der Waals surface area contributed by atoms with Gasteiger partial charge in [-0.05, 0) is 49.9 Å². The average Bonchev–Trinajstić information content (AvgIpc) is 3.03. The third kappa shape index (κ3) is 3.14. The zero-order valence-electron chi connectivity index (χ0n) is 14.2. The highest BCUT2D eigenvalue weighted by atomic mass is 19.1. The molecule has 132 valence electrons. The van der Waals surface area contributed by atoms with E-state index in [4.69, 9.17) is 5.73 Å². The molecule has 4 rings (SSSR count). The molecular formula is C20H19FN4O. The molecule has 6 heteroatoms. The Bertz CT molecular complexity index is 1030. The predicted molar refractivity (Wildman–Crippen MR) is 98.1 cm³/mol. The van der Waals surface area contributed by atoms with Gasteiger partial charge in [-0.1, -0.05) is 18.3 Å². The summed E-state index contributed by atoms with van der Waals surface area (Å²) >= 11 is 0. The minimum atomic E-state index is -1.01. The van der Waals surface area contributed by atoms with Crippen LogP contribution in [0.1, 0.15) is 37.7 Å². The Hall–Kier alpha value is -2.91. The van der Waals surface area contributed by atoms with Gasteiger partial charge < -0.3 is 15.4 Å². The molecule has 5 nitrogen and oxygen atoms in total. The number of hydrogen-bond donors (Lipinski definition) is 2. The van der Waals surface area contributed by atoms with Crippen molar-refractivity contribution in [1.82, 2.24) is 14.5 Å². The quantitative estimate of drug-likeness (QED) is 0.661. The fourth-order valence-electron chi connectivity index (χ4n) is 3.39. The molecular weight excluding hydrogens is 331 g/mol. The van der Waals surface area contributed by atoms with Crippen molar-refractivity contribution >= 4 is 16.9 Å². The van der Waals surface area contributed by atoms with Crippen molar-refractivity contribution in [3.63, 3.8) is 0 Å². The van der Waals surface area contributed by atoms with Crippen molar-refractivity contribution in [3.8, 4) is 17.7 Å². The molecule has 0 saturated heterocycles. The van der Waals surface area contributed by atoms with Gasteiger partial charge in [0.2, 0.25) is 5.95 Å². The molecule has 0 bridgehead atoms. The van der Waals surface area contributed by atoms with Crippen molar-refractivity contribution in [2.75, 3.05) is 5.73 Å². The normalized spacial score (nSPS) is 16.2. The molecule has 1 aliphatic rings. The lowest BCUT2D eigenvalue weighted by Crippen LogP contribution is -2.29. The first-order chi connectivity index (χ1) is 12.5. The summed E-state index contributed by atoms with van der Waals surface area (Å²) in [5.41, 5.74) is 5.68. The Morgan fingerprint density at radius 1 is 1.19 bits per heavy atom. The number of aromatic nitrogens is 3. The van der Waals surface area contributed by atoms with Crippen LogP contribution in [0.5, 0.6) is 0 Å². The molecule has 1 fully saturated rings. The Morgan fingerprint density at radius 3 is 2.77 bits per heavy atom. The SMILES string of the molecule is Nc1nccc(-n2ccc3cc(F)c(C#CC4(O)CCCCC4)cc32)n1. The van der Waals surface area contributed by atoms with Crippen LogP contribution >= 0.6 is 0 Å². The van der Waals surface area contributed by atoms with E-state index in [2.05, 4.69) is 21.8 Å². The van der Waals surface area contributed by atoms with E-state index in [0.717, 1.165) is 30.2 Å². The number of nitrogen functional groups attached to an aromatic ring is 1. The summed E-state index contributed by atoms with van der Waals surface area (Å²) in [6.45, 7) is 0. The summed E-state index contributed by atoms with van der Waals surface area (Å²) in [5, 5.41) is 11.3. The van der Waals surface area contributed by atoms with Crippen LogP contribution in [0.2, 0.25) is 0 Å². The zero-order valence-corrected chi connectivity index (χ0v) is 14.2. The van der Waals surface area contributed by atoms with Crippen LogP contribution in [0, 0.1) is 17.7 Å². The molecule has 0 aliphatic heterocycles. The van der Waals surface area contributed by atoms with Crippen molar-refractivity contribution in [3.05, 3.63) is 48.0 Å². The monoisotopic (exact) mass is 350 g/mol. The maximum Gasteiger partial charge on any atom is 0.221 e. The molecule has 1 saturated carbocycles. The second-order valence-corrected chi connectivity index (χ2v) is 6.69. The Kier molecular flexibility index (Phi) is 4.09. The summed E-state index contributed by atoms with van der Waals surface area (Å²) in [4.78, 5) is 8.10. The standard InChI is InChI=1S/C20H19FN4O/c21-16-12-15-6-11-25(18-5-10-23-19(22)24-18)17(15)13-14(16)4-9-20(26)7-2-1-3-8-20/h5-6,10-13,26H,1-3,7-8H2,(H2,22,23,24). The first-order valence-corrected chi connectivity index (χ1v) is 8.69. The van der Waals surface area contributed by atoms with E-state index in [1.54, 1.807) is 24.5 Å². The van der Waals surface area contributed by atoms with E-state index in [-0.39, 0.29) is 11.5 Å². The highest BCUT2D eigenvalue weighted by Gasteiger charge is 2.26. The van der Waals surface area contributed by atoms with Crippen LogP contribution < -0.4 is 5.73 Å². The summed E-state index contributed by atoms with van der Waals surface area (Å²) in [5.74, 6) is 6.11. The summed E-state index contributed by atoms with van der Waals surface area (Å²) in [6.07, 6.45) is 7.67. The van der Waals surface area contributed by atoms with Crippen LogP contribution in [0.15, 0.2) is 36.7 Å². The second kappa shape index (κ2) is 6.43. The maximum atomic E-state index is 14.4. The Morgan fingerprint density at radius 2 is 2.00 bits per heavy atom. The van der Waals surface area contributed by atoms with E-state index in [0.29, 0.717) is 18.7 Å². The van der Waals surface area contributed by atoms with Crippen LogP contribution in [-0.2, 0) is 0 Å². The van der Waals surface area contributed by atoms with Gasteiger partial charge in [0.05, 0.1) is 11.1 Å². The van der Waals surface area contributed by atoms with E-state index in [1.165, 1.54) is 6.07 Å². The van der Waals surface area contributed by atoms with Gasteiger partial charge in [0, 0.05) is 17.8 Å². The predicted octanol–water partition coefficient (Wildman–Crippen LogP) is 3.19. The van der Waals surface area contributed by atoms with Gasteiger partial charge in [0.25, 0.3) is 0 Å². The number of rotatable bonds is 1. The third-order valence-electron chi connectivity index (χ3n) is 4.80. The summed E-state index contributed by atoms with van der Waals surface area (Å²) < 4.78 is 16.2. The number of fused-ring (bicyclic) bond motifs is 1. The van der Waals surface area contributed by atoms with Crippen molar-refractivity contribution < 1.29 is 9.50 Å². The smallest absolute Gasteiger partial charge is 0.221 e. The second-order valence-electron chi connectivity index (χ2n) is 6.69. The number of anilines is 1. The highest BCUT2D eigenvalue weighted by Crippen LogP contribution is 2.28. The molecule has 0 spiro atoms. The molecule has 3 N–H and O–H groups in total. The lowest BCUT2D eigenvalue weighted by molar-refractivity contribution is 0.0610. The molecule has 1 aliphatic carbocycles. The molecule has 26 heavy (non-hydrogen) atoms. The number of aliphatic hydroxyl groups is 1. The zero-order chi connectivity index (χ0) is 18.1. The minimum absolute atomic E-state index is 0.172. The van der Waals surface area contributed by atoms with E-state index in [1.807, 2.05) is 10.6 Å². The Labute approximate surface area is 150 Å². The third-order valence-corrected chi connectivity index (χ3v) is 4.80. The van der Waals surface area contributed by atoms with Gasteiger partial charge in [0.15, 0.2) is 0 Å². The van der Waals surface area contributed by atoms with Gasteiger partial charge in [-0.25, -0.2) is 9.37 Å². The van der Waals surface area contributed by atoms with Crippen molar-refractivity contribution in [2.24, 2.45) is 0 Å². The van der Waals surface area contributed by atoms with Gasteiger partial charge in [-0.15, -0.1) is 0 Å². The largest absolute Gasteiger partial charge is 0.378 e. The molecule has 0 unspecified atom stereocenters. The number of nitrogens with two attached hydrogens (primary N) is 1. The van der Waals surface area contributed by atoms with Gasteiger partial charge in [-0.3, -0.25) is 0 Å². The highest BCUT2D eigenvalue weighted by molar-refractivity contribution is 5.83. The van der Waals surface area contributed by atoms with Crippen LogP contribution in [0.3, 0.4) is 0 Å².